The molecule has 0 radical (unpaired) electrons. The van der Waals surface area contributed by atoms with E-state index in [0.717, 1.165) is 11.1 Å². The molecule has 0 fully saturated rings. The van der Waals surface area contributed by atoms with Crippen molar-refractivity contribution in [2.45, 2.75) is 44.6 Å². The Morgan fingerprint density at radius 3 is 2.16 bits per heavy atom. The van der Waals surface area contributed by atoms with E-state index in [1.165, 1.54) is 0 Å². The zero-order chi connectivity index (χ0) is 27.3. The largest absolute Gasteiger partial charge is 0.480 e. The second-order valence-electron chi connectivity index (χ2n) is 8.79. The van der Waals surface area contributed by atoms with Crippen molar-refractivity contribution in [3.05, 3.63) is 76.0 Å². The number of carbonyl (C=O) groups is 2. The molecule has 11 nitrogen and oxygen atoms in total. The minimum absolute atomic E-state index is 0.0265. The highest BCUT2D eigenvalue weighted by atomic mass is 32.2. The van der Waals surface area contributed by atoms with Gasteiger partial charge in [0.1, 0.15) is 11.9 Å². The van der Waals surface area contributed by atoms with Crippen LogP contribution in [-0.4, -0.2) is 48.0 Å². The fourth-order valence-electron chi connectivity index (χ4n) is 4.08. The summed E-state index contributed by atoms with van der Waals surface area (Å²) >= 11 is 0. The van der Waals surface area contributed by atoms with E-state index >= 15 is 0 Å². The molecule has 0 bridgehead atoms. The van der Waals surface area contributed by atoms with Crippen LogP contribution in [-0.2, 0) is 27.7 Å². The quantitative estimate of drug-likeness (QED) is 0.261. The second-order valence-corrected chi connectivity index (χ2v) is 10.4. The number of rotatable bonds is 10. The first-order chi connectivity index (χ1) is 17.4. The number of sulfonamides is 1. The van der Waals surface area contributed by atoms with Gasteiger partial charge in [-0.25, -0.2) is 13.4 Å². The maximum absolute atomic E-state index is 12.9. The molecular formula is C25H30N6O5S. The summed E-state index contributed by atoms with van der Waals surface area (Å²) in [7, 11) is -4.14. The molecule has 37 heavy (non-hydrogen) atoms. The lowest BCUT2D eigenvalue weighted by Gasteiger charge is -2.18. The van der Waals surface area contributed by atoms with Gasteiger partial charge in [-0.3, -0.25) is 9.59 Å². The molecule has 3 rings (SSSR count). The molecule has 0 aliphatic carbocycles. The maximum atomic E-state index is 12.9. The number of nitrogens with one attached hydrogen (secondary N) is 2. The summed E-state index contributed by atoms with van der Waals surface area (Å²) in [5.41, 5.74) is 15.1. The molecule has 1 amide bonds. The second kappa shape index (κ2) is 11.4. The van der Waals surface area contributed by atoms with Gasteiger partial charge in [0.25, 0.3) is 5.91 Å². The maximum Gasteiger partial charge on any atom is 0.323 e. The Morgan fingerprint density at radius 2 is 1.59 bits per heavy atom. The molecule has 1 unspecified atom stereocenters. The number of nitrogens with two attached hydrogens (primary N) is 2. The molecule has 1 aromatic heterocycles. The van der Waals surface area contributed by atoms with Gasteiger partial charge in [0.15, 0.2) is 0 Å². The summed E-state index contributed by atoms with van der Waals surface area (Å²) in [6, 6.07) is 10.3. The summed E-state index contributed by atoms with van der Waals surface area (Å²) in [6.07, 6.45) is 1.20. The summed E-state index contributed by atoms with van der Waals surface area (Å²) in [5.74, 6) is -1.54. The number of nitrogen functional groups attached to an aromatic ring is 2. The van der Waals surface area contributed by atoms with Crippen molar-refractivity contribution in [3.8, 4) is 0 Å². The number of aryl methyl sites for hydroxylation is 5. The van der Waals surface area contributed by atoms with E-state index in [1.54, 1.807) is 56.3 Å². The number of aliphatic carboxylic acids is 1. The molecule has 1 heterocycles. The summed E-state index contributed by atoms with van der Waals surface area (Å²) in [6.45, 7) is 4.70. The van der Waals surface area contributed by atoms with E-state index in [2.05, 4.69) is 20.0 Å². The van der Waals surface area contributed by atoms with Gasteiger partial charge in [-0.15, -0.1) is 0 Å². The van der Waals surface area contributed by atoms with Crippen molar-refractivity contribution in [1.29, 1.82) is 0 Å². The van der Waals surface area contributed by atoms with Crippen molar-refractivity contribution in [2.24, 2.45) is 0 Å². The van der Waals surface area contributed by atoms with Crippen molar-refractivity contribution in [3.63, 3.8) is 0 Å². The Hall–Kier alpha value is -4.03. The molecule has 0 aliphatic heterocycles. The summed E-state index contributed by atoms with van der Waals surface area (Å²) < 4.78 is 28.1. The van der Waals surface area contributed by atoms with Crippen LogP contribution < -0.4 is 21.5 Å². The van der Waals surface area contributed by atoms with Crippen LogP contribution >= 0.6 is 0 Å². The third-order valence-electron chi connectivity index (χ3n) is 5.64. The topological polar surface area (TPSA) is 190 Å². The zero-order valence-electron chi connectivity index (χ0n) is 20.8. The highest BCUT2D eigenvalue weighted by Crippen LogP contribution is 2.22. The van der Waals surface area contributed by atoms with Crippen molar-refractivity contribution >= 4 is 33.7 Å². The van der Waals surface area contributed by atoms with Gasteiger partial charge in [0.2, 0.25) is 16.0 Å². The van der Waals surface area contributed by atoms with Crippen LogP contribution in [0, 0.1) is 20.8 Å². The van der Waals surface area contributed by atoms with E-state index in [-0.39, 0.29) is 10.8 Å². The SMILES string of the molecule is Cc1cc(C)c(S(=O)(=O)NC(CNC(=O)c2ccc(CCc3cc(N)nc(N)n3)cc2)C(=O)O)c(C)c1. The molecule has 1 atom stereocenters. The number of carboxylic acids is 1. The van der Waals surface area contributed by atoms with Crippen LogP contribution in [0.2, 0.25) is 0 Å². The zero-order valence-corrected chi connectivity index (χ0v) is 21.6. The van der Waals surface area contributed by atoms with Crippen LogP contribution in [0.5, 0.6) is 0 Å². The van der Waals surface area contributed by atoms with Crippen molar-refractivity contribution in [2.75, 3.05) is 18.0 Å². The number of nitrogens with zero attached hydrogens (tertiary/aromatic N) is 2. The average Bonchev–Trinajstić information content (AvgIpc) is 2.79. The Labute approximate surface area is 215 Å². The predicted molar refractivity (Wildman–Crippen MR) is 139 cm³/mol. The Bertz CT molecular complexity index is 1380. The predicted octanol–water partition coefficient (Wildman–Crippen LogP) is 1.51. The number of carbonyl (C=O) groups excluding carboxylic acids is 1. The Balaban J connectivity index is 1.62. The Morgan fingerprint density at radius 1 is 0.973 bits per heavy atom. The number of hydrogen-bond donors (Lipinski definition) is 5. The summed E-state index contributed by atoms with van der Waals surface area (Å²) in [4.78, 5) is 32.3. The molecule has 196 valence electrons. The van der Waals surface area contributed by atoms with Gasteiger partial charge < -0.3 is 21.9 Å². The molecule has 0 spiro atoms. The lowest BCUT2D eigenvalue weighted by atomic mass is 10.1. The minimum Gasteiger partial charge on any atom is -0.480 e. The smallest absolute Gasteiger partial charge is 0.323 e. The molecule has 7 N–H and O–H groups in total. The van der Waals surface area contributed by atoms with E-state index in [4.69, 9.17) is 11.5 Å². The van der Waals surface area contributed by atoms with Crippen LogP contribution in [0.25, 0.3) is 0 Å². The molecule has 0 aliphatic rings. The molecular weight excluding hydrogens is 496 g/mol. The fraction of sp³-hybridized carbons (Fsp3) is 0.280. The summed E-state index contributed by atoms with van der Waals surface area (Å²) in [5, 5.41) is 12.1. The van der Waals surface area contributed by atoms with Gasteiger partial charge in [0, 0.05) is 23.9 Å². The van der Waals surface area contributed by atoms with Gasteiger partial charge in [0.05, 0.1) is 4.90 Å². The van der Waals surface area contributed by atoms with Crippen LogP contribution in [0.15, 0.2) is 47.4 Å². The number of carboxylic acid groups (broad SMARTS) is 1. The molecule has 12 heteroatoms. The van der Waals surface area contributed by atoms with Gasteiger partial charge in [-0.2, -0.15) is 9.71 Å². The van der Waals surface area contributed by atoms with E-state index in [0.29, 0.717) is 41.0 Å². The fourth-order valence-corrected chi connectivity index (χ4v) is 5.72. The van der Waals surface area contributed by atoms with Gasteiger partial charge >= 0.3 is 5.97 Å². The number of benzene rings is 2. The molecule has 0 saturated heterocycles. The first-order valence-electron chi connectivity index (χ1n) is 11.4. The minimum atomic E-state index is -4.14. The van der Waals surface area contributed by atoms with E-state index in [9.17, 15) is 23.1 Å². The van der Waals surface area contributed by atoms with Crippen LogP contribution in [0.1, 0.15) is 38.3 Å². The monoisotopic (exact) mass is 526 g/mol. The average molecular weight is 527 g/mol. The molecule has 0 saturated carbocycles. The van der Waals surface area contributed by atoms with E-state index < -0.39 is 34.5 Å². The Kier molecular flexibility index (Phi) is 8.46. The van der Waals surface area contributed by atoms with Crippen molar-refractivity contribution < 1.29 is 23.1 Å². The van der Waals surface area contributed by atoms with Crippen molar-refractivity contribution in [1.82, 2.24) is 20.0 Å². The highest BCUT2D eigenvalue weighted by Gasteiger charge is 2.28. The molecule has 3 aromatic rings. The lowest BCUT2D eigenvalue weighted by molar-refractivity contribution is -0.138. The first kappa shape index (κ1) is 27.6. The van der Waals surface area contributed by atoms with Crippen LogP contribution in [0.3, 0.4) is 0 Å². The number of amides is 1. The lowest BCUT2D eigenvalue weighted by Crippen LogP contribution is -2.48. The standard InChI is InChI=1S/C25H30N6O5S/c1-14-10-15(2)22(16(3)11-14)37(35,36)31-20(24(33)34)13-28-23(32)18-7-4-17(5-8-18)6-9-19-12-21(26)30-25(27)29-19/h4-5,7-8,10-12,20,31H,6,9,13H2,1-3H3,(H,28,32)(H,33,34)(H4,26,27,29,30). The number of hydrogen-bond acceptors (Lipinski definition) is 8. The van der Waals surface area contributed by atoms with Crippen LogP contribution in [0.4, 0.5) is 11.8 Å². The third-order valence-corrected chi connectivity index (χ3v) is 7.41. The van der Waals surface area contributed by atoms with Gasteiger partial charge in [-0.1, -0.05) is 29.8 Å². The third kappa shape index (κ3) is 7.24. The molecule has 2 aromatic carbocycles. The number of anilines is 2. The first-order valence-corrected chi connectivity index (χ1v) is 12.9. The number of aromatic nitrogens is 2. The normalized spacial score (nSPS) is 12.2. The van der Waals surface area contributed by atoms with E-state index in [1.807, 2.05) is 6.92 Å². The van der Waals surface area contributed by atoms with Gasteiger partial charge in [-0.05, 0) is 62.4 Å². The highest BCUT2D eigenvalue weighted by molar-refractivity contribution is 7.89.